The molecule has 0 amide bonds. The molecule has 3 aromatic carbocycles. The average Bonchev–Trinajstić information content (AvgIpc) is 2.73. The molecular formula is C23H20O5. The molecule has 0 aliphatic rings. The first-order valence-electron chi connectivity index (χ1n) is 8.77. The fraction of sp³-hybridized carbons (Fsp3) is 0.130. The number of ether oxygens (including phenoxy) is 2. The van der Waals surface area contributed by atoms with Gasteiger partial charge in [0.1, 0.15) is 17.6 Å². The summed E-state index contributed by atoms with van der Waals surface area (Å²) >= 11 is 0. The molecule has 3 rings (SSSR count). The molecule has 1 atom stereocenters. The highest BCUT2D eigenvalue weighted by atomic mass is 16.5. The Morgan fingerprint density at radius 2 is 1.57 bits per heavy atom. The van der Waals surface area contributed by atoms with E-state index in [1.807, 2.05) is 30.3 Å². The number of esters is 1. The summed E-state index contributed by atoms with van der Waals surface area (Å²) in [6.07, 6.45) is -0.465. The van der Waals surface area contributed by atoms with E-state index in [0.29, 0.717) is 11.3 Å². The molecule has 0 fully saturated rings. The maximum absolute atomic E-state index is 13.0. The molecule has 0 saturated heterocycles. The van der Waals surface area contributed by atoms with Crippen LogP contribution in [0, 0.1) is 0 Å². The van der Waals surface area contributed by atoms with Crippen LogP contribution >= 0.6 is 0 Å². The van der Waals surface area contributed by atoms with Crippen LogP contribution in [0.5, 0.6) is 11.5 Å². The highest BCUT2D eigenvalue weighted by Crippen LogP contribution is 2.25. The Kier molecular flexibility index (Phi) is 5.75. The summed E-state index contributed by atoms with van der Waals surface area (Å²) in [5.41, 5.74) is 1.53. The van der Waals surface area contributed by atoms with Crippen molar-refractivity contribution in [2.24, 2.45) is 0 Å². The van der Waals surface area contributed by atoms with Crippen molar-refractivity contribution in [1.29, 1.82) is 0 Å². The van der Waals surface area contributed by atoms with Crippen LogP contribution in [0.4, 0.5) is 0 Å². The van der Waals surface area contributed by atoms with E-state index in [1.165, 1.54) is 43.5 Å². The van der Waals surface area contributed by atoms with Crippen molar-refractivity contribution in [3.8, 4) is 11.5 Å². The highest BCUT2D eigenvalue weighted by molar-refractivity contribution is 6.14. The molecule has 0 heterocycles. The van der Waals surface area contributed by atoms with Gasteiger partial charge in [-0.25, -0.2) is 4.79 Å². The molecule has 0 bridgehead atoms. The van der Waals surface area contributed by atoms with Crippen LogP contribution in [0.1, 0.15) is 44.9 Å². The van der Waals surface area contributed by atoms with E-state index in [2.05, 4.69) is 0 Å². The second-order valence-electron chi connectivity index (χ2n) is 6.25. The molecule has 0 spiro atoms. The van der Waals surface area contributed by atoms with Gasteiger partial charge in [-0.1, -0.05) is 30.3 Å². The number of phenolic OH excluding ortho intramolecular Hbond substituents is 1. The van der Waals surface area contributed by atoms with E-state index in [0.717, 1.165) is 5.56 Å². The van der Waals surface area contributed by atoms with Crippen molar-refractivity contribution < 1.29 is 24.2 Å². The third kappa shape index (κ3) is 4.20. The Hall–Kier alpha value is -3.60. The molecule has 0 saturated carbocycles. The van der Waals surface area contributed by atoms with Crippen LogP contribution in [0.3, 0.4) is 0 Å². The summed E-state index contributed by atoms with van der Waals surface area (Å²) in [5.74, 6) is -0.451. The SMILES string of the molecule is COc1ccc(C(=O)OC(C)c2ccccc2)c(C(=O)c2ccc(O)cc2)c1. The van der Waals surface area contributed by atoms with Crippen molar-refractivity contribution in [2.45, 2.75) is 13.0 Å². The van der Waals surface area contributed by atoms with Crippen LogP contribution in [0.25, 0.3) is 0 Å². The van der Waals surface area contributed by atoms with E-state index in [4.69, 9.17) is 9.47 Å². The van der Waals surface area contributed by atoms with Gasteiger partial charge in [-0.05, 0) is 55.0 Å². The van der Waals surface area contributed by atoms with E-state index in [9.17, 15) is 14.7 Å². The zero-order valence-corrected chi connectivity index (χ0v) is 15.6. The molecule has 0 aliphatic carbocycles. The molecule has 142 valence electrons. The lowest BCUT2D eigenvalue weighted by molar-refractivity contribution is 0.0335. The summed E-state index contributed by atoms with van der Waals surface area (Å²) < 4.78 is 10.8. The van der Waals surface area contributed by atoms with Gasteiger partial charge in [0.2, 0.25) is 0 Å². The number of ketones is 1. The van der Waals surface area contributed by atoms with Gasteiger partial charge in [0.15, 0.2) is 5.78 Å². The van der Waals surface area contributed by atoms with Gasteiger partial charge in [0.25, 0.3) is 0 Å². The van der Waals surface area contributed by atoms with Crippen molar-refractivity contribution in [3.05, 3.63) is 95.1 Å². The second kappa shape index (κ2) is 8.39. The van der Waals surface area contributed by atoms with Gasteiger partial charge in [-0.15, -0.1) is 0 Å². The Morgan fingerprint density at radius 1 is 0.893 bits per heavy atom. The van der Waals surface area contributed by atoms with Crippen LogP contribution in [0.2, 0.25) is 0 Å². The quantitative estimate of drug-likeness (QED) is 0.505. The summed E-state index contributed by atoms with van der Waals surface area (Å²) in [7, 11) is 1.49. The molecular weight excluding hydrogens is 356 g/mol. The first-order chi connectivity index (χ1) is 13.5. The third-order valence-corrected chi connectivity index (χ3v) is 4.37. The monoisotopic (exact) mass is 376 g/mol. The number of carbonyl (C=O) groups excluding carboxylic acids is 2. The zero-order valence-electron chi connectivity index (χ0n) is 15.6. The van der Waals surface area contributed by atoms with Gasteiger partial charge in [-0.3, -0.25) is 4.79 Å². The van der Waals surface area contributed by atoms with Crippen LogP contribution < -0.4 is 4.74 Å². The van der Waals surface area contributed by atoms with Crippen LogP contribution in [-0.4, -0.2) is 24.0 Å². The first kappa shape index (κ1) is 19.2. The fourth-order valence-corrected chi connectivity index (χ4v) is 2.80. The zero-order chi connectivity index (χ0) is 20.1. The van der Waals surface area contributed by atoms with Gasteiger partial charge in [0, 0.05) is 11.1 Å². The number of rotatable bonds is 6. The predicted octanol–water partition coefficient (Wildman–Crippen LogP) is 4.55. The summed E-state index contributed by atoms with van der Waals surface area (Å²) in [4.78, 5) is 25.7. The number of benzene rings is 3. The topological polar surface area (TPSA) is 72.8 Å². The second-order valence-corrected chi connectivity index (χ2v) is 6.25. The van der Waals surface area contributed by atoms with Crippen molar-refractivity contribution >= 4 is 11.8 Å². The number of phenols is 1. The lowest BCUT2D eigenvalue weighted by atomic mass is 9.97. The van der Waals surface area contributed by atoms with Gasteiger partial charge >= 0.3 is 5.97 Å². The molecule has 0 aromatic heterocycles. The smallest absolute Gasteiger partial charge is 0.339 e. The lowest BCUT2D eigenvalue weighted by Crippen LogP contribution is -2.15. The molecule has 5 nitrogen and oxygen atoms in total. The predicted molar refractivity (Wildman–Crippen MR) is 105 cm³/mol. The normalized spacial score (nSPS) is 11.5. The van der Waals surface area contributed by atoms with Crippen LogP contribution in [-0.2, 0) is 4.74 Å². The minimum atomic E-state index is -0.596. The molecule has 5 heteroatoms. The van der Waals surface area contributed by atoms with E-state index in [-0.39, 0.29) is 22.7 Å². The van der Waals surface area contributed by atoms with Crippen molar-refractivity contribution in [2.75, 3.05) is 7.11 Å². The standard InChI is InChI=1S/C23H20O5/c1-15(16-6-4-3-5-7-16)28-23(26)20-13-12-19(27-2)14-21(20)22(25)17-8-10-18(24)11-9-17/h3-15,24H,1-2H3. The Bertz CT molecular complexity index is 978. The lowest BCUT2D eigenvalue weighted by Gasteiger charge is -2.16. The van der Waals surface area contributed by atoms with Gasteiger partial charge < -0.3 is 14.6 Å². The largest absolute Gasteiger partial charge is 0.508 e. The Balaban J connectivity index is 1.93. The number of carbonyl (C=O) groups is 2. The molecule has 0 radical (unpaired) electrons. The first-order valence-corrected chi connectivity index (χ1v) is 8.77. The highest BCUT2D eigenvalue weighted by Gasteiger charge is 2.22. The van der Waals surface area contributed by atoms with Crippen molar-refractivity contribution in [3.63, 3.8) is 0 Å². The number of aromatic hydroxyl groups is 1. The Labute approximate surface area is 163 Å². The van der Waals surface area contributed by atoms with E-state index in [1.54, 1.807) is 13.0 Å². The summed E-state index contributed by atoms with van der Waals surface area (Å²) in [5, 5.41) is 9.44. The molecule has 0 aliphatic heterocycles. The molecule has 3 aromatic rings. The van der Waals surface area contributed by atoms with Gasteiger partial charge in [0.05, 0.1) is 12.7 Å². The minimum Gasteiger partial charge on any atom is -0.508 e. The number of hydrogen-bond donors (Lipinski definition) is 1. The van der Waals surface area contributed by atoms with E-state index < -0.39 is 12.1 Å². The van der Waals surface area contributed by atoms with E-state index >= 15 is 0 Å². The molecule has 1 N–H and O–H groups in total. The summed E-state index contributed by atoms with van der Waals surface area (Å²) in [6.45, 7) is 1.78. The van der Waals surface area contributed by atoms with Gasteiger partial charge in [-0.2, -0.15) is 0 Å². The summed E-state index contributed by atoms with van der Waals surface area (Å²) in [6, 6.07) is 19.8. The maximum atomic E-state index is 13.0. The van der Waals surface area contributed by atoms with Crippen molar-refractivity contribution in [1.82, 2.24) is 0 Å². The fourth-order valence-electron chi connectivity index (χ4n) is 2.80. The molecule has 28 heavy (non-hydrogen) atoms. The maximum Gasteiger partial charge on any atom is 0.339 e. The van der Waals surface area contributed by atoms with Crippen LogP contribution in [0.15, 0.2) is 72.8 Å². The number of methoxy groups -OCH3 is 1. The minimum absolute atomic E-state index is 0.0542. The Morgan fingerprint density at radius 3 is 2.21 bits per heavy atom. The molecule has 1 unspecified atom stereocenters. The number of hydrogen-bond acceptors (Lipinski definition) is 5. The third-order valence-electron chi connectivity index (χ3n) is 4.37. The average molecular weight is 376 g/mol.